The highest BCUT2D eigenvalue weighted by atomic mass is 16.5. The molecule has 0 amide bonds. The topological polar surface area (TPSA) is 35.5 Å². The minimum Gasteiger partial charge on any atom is -0.491 e. The molecular weight excluding hydrogens is 384 g/mol. The number of benzene rings is 2. The van der Waals surface area contributed by atoms with Crippen LogP contribution in [0.4, 0.5) is 0 Å². The first-order chi connectivity index (χ1) is 14.8. The lowest BCUT2D eigenvalue weighted by Gasteiger charge is -2.39. The molecule has 1 unspecified atom stereocenters. The Bertz CT molecular complexity index is 843. The standard InChI is InChI=1S/C28H38O3/c1-6-21(3)30-24-15-11-22(12-16-24)28(19-9-8-10-20-28)23-13-17-25(18-14-23)31-26(29)27(4,5)7-2/h11-18,21H,6-10,19-20H2,1-5H3. The second-order valence-electron chi connectivity index (χ2n) is 9.66. The lowest BCUT2D eigenvalue weighted by molar-refractivity contribution is -0.144. The fraction of sp³-hybridized carbons (Fsp3) is 0.536. The van der Waals surface area contributed by atoms with Crippen LogP contribution in [-0.2, 0) is 10.2 Å². The molecule has 0 radical (unpaired) electrons. The monoisotopic (exact) mass is 422 g/mol. The van der Waals surface area contributed by atoms with Gasteiger partial charge in [0.05, 0.1) is 11.5 Å². The zero-order chi connectivity index (χ0) is 22.5. The maximum atomic E-state index is 12.4. The molecule has 1 aliphatic rings. The molecule has 0 saturated heterocycles. The van der Waals surface area contributed by atoms with Gasteiger partial charge < -0.3 is 9.47 Å². The van der Waals surface area contributed by atoms with Crippen LogP contribution < -0.4 is 9.47 Å². The second-order valence-corrected chi connectivity index (χ2v) is 9.66. The van der Waals surface area contributed by atoms with E-state index in [1.807, 2.05) is 32.9 Å². The third-order valence-corrected chi connectivity index (χ3v) is 7.08. The molecule has 0 spiro atoms. The van der Waals surface area contributed by atoms with Gasteiger partial charge >= 0.3 is 5.97 Å². The van der Waals surface area contributed by atoms with E-state index in [1.165, 1.54) is 30.4 Å². The van der Waals surface area contributed by atoms with Crippen molar-refractivity contribution in [2.24, 2.45) is 5.41 Å². The first kappa shape index (κ1) is 23.4. The van der Waals surface area contributed by atoms with E-state index in [2.05, 4.69) is 50.2 Å². The highest BCUT2D eigenvalue weighted by molar-refractivity contribution is 5.78. The van der Waals surface area contributed by atoms with E-state index in [1.54, 1.807) is 0 Å². The average Bonchev–Trinajstić information content (AvgIpc) is 2.80. The molecule has 0 N–H and O–H groups in total. The molecule has 0 heterocycles. The normalized spacial score (nSPS) is 17.1. The average molecular weight is 423 g/mol. The van der Waals surface area contributed by atoms with Crippen LogP contribution >= 0.6 is 0 Å². The Morgan fingerprint density at radius 1 is 0.903 bits per heavy atom. The van der Waals surface area contributed by atoms with Gasteiger partial charge in [0.1, 0.15) is 11.5 Å². The van der Waals surface area contributed by atoms with Crippen LogP contribution in [0.25, 0.3) is 0 Å². The van der Waals surface area contributed by atoms with Crippen molar-refractivity contribution in [3.8, 4) is 11.5 Å². The van der Waals surface area contributed by atoms with Gasteiger partial charge in [-0.05, 0) is 81.8 Å². The Morgan fingerprint density at radius 3 is 1.90 bits per heavy atom. The van der Waals surface area contributed by atoms with Gasteiger partial charge in [0.2, 0.25) is 0 Å². The summed E-state index contributed by atoms with van der Waals surface area (Å²) in [5.41, 5.74) is 2.19. The number of esters is 1. The molecule has 0 bridgehead atoms. The van der Waals surface area contributed by atoms with Crippen molar-refractivity contribution >= 4 is 5.97 Å². The predicted molar refractivity (Wildman–Crippen MR) is 127 cm³/mol. The van der Waals surface area contributed by atoms with E-state index in [4.69, 9.17) is 9.47 Å². The third kappa shape index (κ3) is 5.31. The van der Waals surface area contributed by atoms with Crippen molar-refractivity contribution in [3.63, 3.8) is 0 Å². The van der Waals surface area contributed by atoms with Gasteiger partial charge in [0.15, 0.2) is 0 Å². The molecule has 3 rings (SSSR count). The fourth-order valence-electron chi connectivity index (χ4n) is 4.30. The van der Waals surface area contributed by atoms with Crippen molar-refractivity contribution in [3.05, 3.63) is 59.7 Å². The molecule has 2 aromatic rings. The first-order valence-electron chi connectivity index (χ1n) is 11.9. The number of rotatable bonds is 8. The second kappa shape index (κ2) is 9.89. The van der Waals surface area contributed by atoms with Crippen molar-refractivity contribution < 1.29 is 14.3 Å². The van der Waals surface area contributed by atoms with Gasteiger partial charge in [-0.2, -0.15) is 0 Å². The van der Waals surface area contributed by atoms with Crippen LogP contribution in [0.15, 0.2) is 48.5 Å². The van der Waals surface area contributed by atoms with Crippen molar-refractivity contribution in [1.82, 2.24) is 0 Å². The molecular formula is C28H38O3. The van der Waals surface area contributed by atoms with E-state index >= 15 is 0 Å². The van der Waals surface area contributed by atoms with Crippen LogP contribution in [0, 0.1) is 5.41 Å². The SMILES string of the molecule is CCC(C)Oc1ccc(C2(c3ccc(OC(=O)C(C)(C)CC)cc3)CCCCC2)cc1. The lowest BCUT2D eigenvalue weighted by atomic mass is 9.65. The number of carbonyl (C=O) groups is 1. The Hall–Kier alpha value is -2.29. The van der Waals surface area contributed by atoms with E-state index in [9.17, 15) is 4.79 Å². The Balaban J connectivity index is 1.84. The molecule has 3 heteroatoms. The Morgan fingerprint density at radius 2 is 1.42 bits per heavy atom. The minimum atomic E-state index is -0.470. The summed E-state index contributed by atoms with van der Waals surface area (Å²) >= 11 is 0. The van der Waals surface area contributed by atoms with Crippen LogP contribution in [0.3, 0.4) is 0 Å². The van der Waals surface area contributed by atoms with Crippen molar-refractivity contribution in [2.45, 2.75) is 91.1 Å². The summed E-state index contributed by atoms with van der Waals surface area (Å²) in [6.07, 6.45) is 8.00. The molecule has 0 aromatic heterocycles. The van der Waals surface area contributed by atoms with Gasteiger partial charge in [-0.15, -0.1) is 0 Å². The maximum Gasteiger partial charge on any atom is 0.316 e. The summed E-state index contributed by atoms with van der Waals surface area (Å²) in [6.45, 7) is 10.1. The number of hydrogen-bond donors (Lipinski definition) is 0. The van der Waals surface area contributed by atoms with Gasteiger partial charge in [-0.1, -0.05) is 57.4 Å². The van der Waals surface area contributed by atoms with E-state index in [-0.39, 0.29) is 17.5 Å². The number of ether oxygens (including phenoxy) is 2. The molecule has 1 saturated carbocycles. The minimum absolute atomic E-state index is 0.0123. The molecule has 2 aromatic carbocycles. The summed E-state index contributed by atoms with van der Waals surface area (Å²) < 4.78 is 11.6. The quantitative estimate of drug-likeness (QED) is 0.327. The van der Waals surface area contributed by atoms with Crippen LogP contribution in [0.1, 0.15) is 90.7 Å². The van der Waals surface area contributed by atoms with Crippen LogP contribution in [0.2, 0.25) is 0 Å². The maximum absolute atomic E-state index is 12.4. The third-order valence-electron chi connectivity index (χ3n) is 7.08. The van der Waals surface area contributed by atoms with Gasteiger partial charge in [0, 0.05) is 5.41 Å². The van der Waals surface area contributed by atoms with Crippen LogP contribution in [-0.4, -0.2) is 12.1 Å². The summed E-state index contributed by atoms with van der Waals surface area (Å²) in [5.74, 6) is 1.38. The molecule has 31 heavy (non-hydrogen) atoms. The summed E-state index contributed by atoms with van der Waals surface area (Å²) in [6, 6.07) is 16.9. The van der Waals surface area contributed by atoms with E-state index in [0.29, 0.717) is 5.75 Å². The molecule has 1 atom stereocenters. The largest absolute Gasteiger partial charge is 0.491 e. The molecule has 0 aliphatic heterocycles. The molecule has 3 nitrogen and oxygen atoms in total. The number of hydrogen-bond acceptors (Lipinski definition) is 3. The summed E-state index contributed by atoms with van der Waals surface area (Å²) in [4.78, 5) is 12.4. The molecule has 1 fully saturated rings. The highest BCUT2D eigenvalue weighted by Gasteiger charge is 2.36. The predicted octanol–water partition coefficient (Wildman–Crippen LogP) is 7.46. The van der Waals surface area contributed by atoms with Gasteiger partial charge in [-0.25, -0.2) is 0 Å². The first-order valence-corrected chi connectivity index (χ1v) is 11.9. The zero-order valence-corrected chi connectivity index (χ0v) is 19.9. The summed E-state index contributed by atoms with van der Waals surface area (Å²) in [7, 11) is 0. The van der Waals surface area contributed by atoms with Gasteiger partial charge in [-0.3, -0.25) is 4.79 Å². The number of carbonyl (C=O) groups excluding carboxylic acids is 1. The van der Waals surface area contributed by atoms with E-state index < -0.39 is 5.41 Å². The van der Waals surface area contributed by atoms with E-state index in [0.717, 1.165) is 31.4 Å². The van der Waals surface area contributed by atoms with Crippen LogP contribution in [0.5, 0.6) is 11.5 Å². The zero-order valence-electron chi connectivity index (χ0n) is 19.9. The molecule has 168 valence electrons. The molecule has 1 aliphatic carbocycles. The van der Waals surface area contributed by atoms with Crippen molar-refractivity contribution in [2.75, 3.05) is 0 Å². The van der Waals surface area contributed by atoms with Gasteiger partial charge in [0.25, 0.3) is 0 Å². The fourth-order valence-corrected chi connectivity index (χ4v) is 4.30. The Kier molecular flexibility index (Phi) is 7.46. The van der Waals surface area contributed by atoms with Crippen molar-refractivity contribution in [1.29, 1.82) is 0 Å². The lowest BCUT2D eigenvalue weighted by Crippen LogP contribution is -2.30. The Labute approximate surface area is 188 Å². The highest BCUT2D eigenvalue weighted by Crippen LogP contribution is 2.45. The smallest absolute Gasteiger partial charge is 0.316 e. The summed E-state index contributed by atoms with van der Waals surface area (Å²) in [5, 5.41) is 0.